The topological polar surface area (TPSA) is 62.7 Å². The van der Waals surface area contributed by atoms with Crippen LogP contribution < -0.4 is 5.73 Å². The summed E-state index contributed by atoms with van der Waals surface area (Å²) in [6.45, 7) is 0. The van der Waals surface area contributed by atoms with Crippen molar-refractivity contribution in [1.29, 1.82) is 5.26 Å². The molecular weight excluding hydrogens is 183 g/mol. The van der Waals surface area contributed by atoms with Gasteiger partial charge in [0, 0.05) is 6.20 Å². The lowest BCUT2D eigenvalue weighted by molar-refractivity contribution is -0.138. The Labute approximate surface area is 71.6 Å². The molecule has 0 aliphatic heterocycles. The molecule has 3 nitrogen and oxygen atoms in total. The molecule has 0 saturated heterocycles. The fourth-order valence-corrected chi connectivity index (χ4v) is 0.816. The van der Waals surface area contributed by atoms with Crippen LogP contribution in [0.5, 0.6) is 0 Å². The van der Waals surface area contributed by atoms with E-state index in [1.54, 1.807) is 0 Å². The van der Waals surface area contributed by atoms with Gasteiger partial charge in [0.1, 0.15) is 6.07 Å². The third-order valence-electron chi connectivity index (χ3n) is 1.39. The van der Waals surface area contributed by atoms with Crippen molar-refractivity contribution in [3.05, 3.63) is 23.5 Å². The first-order valence-electron chi connectivity index (χ1n) is 3.17. The highest BCUT2D eigenvalue weighted by Crippen LogP contribution is 2.32. The molecule has 1 aromatic heterocycles. The minimum atomic E-state index is -4.59. The maximum absolute atomic E-state index is 12.2. The highest BCUT2D eigenvalue weighted by molar-refractivity contribution is 5.56. The zero-order chi connectivity index (χ0) is 10.1. The van der Waals surface area contributed by atoms with Crippen LogP contribution in [0.25, 0.3) is 0 Å². The number of hydrogen-bond donors (Lipinski definition) is 1. The summed E-state index contributed by atoms with van der Waals surface area (Å²) in [6.07, 6.45) is -3.00. The molecule has 0 fully saturated rings. The zero-order valence-corrected chi connectivity index (χ0v) is 6.26. The number of hydrogen-bond acceptors (Lipinski definition) is 3. The van der Waals surface area contributed by atoms with Gasteiger partial charge in [0.2, 0.25) is 0 Å². The Kier molecular flexibility index (Phi) is 2.10. The van der Waals surface area contributed by atoms with Crippen LogP contribution >= 0.6 is 0 Å². The minimum absolute atomic E-state index is 0.266. The largest absolute Gasteiger partial charge is 0.419 e. The molecule has 13 heavy (non-hydrogen) atoms. The summed E-state index contributed by atoms with van der Waals surface area (Å²) in [5, 5.41) is 8.40. The summed E-state index contributed by atoms with van der Waals surface area (Å²) < 4.78 is 36.5. The van der Waals surface area contributed by atoms with E-state index in [1.165, 1.54) is 6.07 Å². The molecule has 0 bridgehead atoms. The van der Waals surface area contributed by atoms with E-state index < -0.39 is 17.3 Å². The molecule has 0 aliphatic carbocycles. The van der Waals surface area contributed by atoms with Gasteiger partial charge >= 0.3 is 6.18 Å². The van der Waals surface area contributed by atoms with Crippen molar-refractivity contribution in [2.45, 2.75) is 6.18 Å². The molecular formula is C7H4F3N3. The summed E-state index contributed by atoms with van der Waals surface area (Å²) in [5.74, 6) is 0. The third-order valence-corrected chi connectivity index (χ3v) is 1.39. The van der Waals surface area contributed by atoms with Crippen molar-refractivity contribution in [3.63, 3.8) is 0 Å². The van der Waals surface area contributed by atoms with Crippen LogP contribution in [0.4, 0.5) is 18.9 Å². The van der Waals surface area contributed by atoms with E-state index in [0.29, 0.717) is 6.20 Å². The summed E-state index contributed by atoms with van der Waals surface area (Å²) >= 11 is 0. The second kappa shape index (κ2) is 2.94. The quantitative estimate of drug-likeness (QED) is 0.670. The van der Waals surface area contributed by atoms with Gasteiger partial charge in [-0.2, -0.15) is 18.4 Å². The van der Waals surface area contributed by atoms with E-state index in [0.717, 1.165) is 6.20 Å². The molecule has 0 aromatic carbocycles. The number of nitrogen functional groups attached to an aromatic ring is 1. The Hall–Kier alpha value is -1.77. The number of rotatable bonds is 0. The Balaban J connectivity index is 3.40. The molecule has 1 heterocycles. The van der Waals surface area contributed by atoms with Crippen molar-refractivity contribution in [2.24, 2.45) is 0 Å². The first-order valence-corrected chi connectivity index (χ1v) is 3.17. The SMILES string of the molecule is N#Cc1c(N)cncc1C(F)(F)F. The standard InChI is InChI=1S/C7H4F3N3/c8-7(9,10)5-2-13-3-6(12)4(5)1-11/h2-3H,12H2. The van der Waals surface area contributed by atoms with Gasteiger partial charge in [0.25, 0.3) is 0 Å². The van der Waals surface area contributed by atoms with Crippen LogP contribution in [-0.2, 0) is 6.18 Å². The van der Waals surface area contributed by atoms with Crippen LogP contribution in [0.3, 0.4) is 0 Å². The first-order chi connectivity index (χ1) is 5.96. The summed E-state index contributed by atoms with van der Waals surface area (Å²) in [6, 6.07) is 1.39. The van der Waals surface area contributed by atoms with Crippen molar-refractivity contribution in [1.82, 2.24) is 4.98 Å². The highest BCUT2D eigenvalue weighted by atomic mass is 19.4. The highest BCUT2D eigenvalue weighted by Gasteiger charge is 2.34. The van der Waals surface area contributed by atoms with Gasteiger partial charge in [0.05, 0.1) is 23.0 Å². The second-order valence-corrected chi connectivity index (χ2v) is 2.26. The summed E-state index contributed by atoms with van der Waals surface area (Å²) in [5.41, 5.74) is 3.19. The maximum Gasteiger partial charge on any atom is 0.419 e. The molecule has 0 spiro atoms. The van der Waals surface area contributed by atoms with Crippen LogP contribution in [-0.4, -0.2) is 4.98 Å². The summed E-state index contributed by atoms with van der Waals surface area (Å²) in [7, 11) is 0. The minimum Gasteiger partial charge on any atom is -0.396 e. The number of nitrogens with two attached hydrogens (primary N) is 1. The lowest BCUT2D eigenvalue weighted by atomic mass is 10.1. The molecule has 0 radical (unpaired) electrons. The molecule has 0 atom stereocenters. The number of anilines is 1. The van der Waals surface area contributed by atoms with Gasteiger partial charge < -0.3 is 5.73 Å². The Morgan fingerprint density at radius 1 is 1.38 bits per heavy atom. The van der Waals surface area contributed by atoms with Crippen molar-refractivity contribution < 1.29 is 13.2 Å². The Morgan fingerprint density at radius 3 is 2.38 bits per heavy atom. The molecule has 0 aliphatic rings. The Bertz CT molecular complexity index is 364. The molecule has 2 N–H and O–H groups in total. The average molecular weight is 187 g/mol. The van der Waals surface area contributed by atoms with Crippen molar-refractivity contribution >= 4 is 5.69 Å². The Morgan fingerprint density at radius 2 is 2.00 bits per heavy atom. The van der Waals surface area contributed by atoms with Crippen molar-refractivity contribution in [2.75, 3.05) is 5.73 Å². The van der Waals surface area contributed by atoms with E-state index in [1.807, 2.05) is 0 Å². The number of nitrogens with zero attached hydrogens (tertiary/aromatic N) is 2. The van der Waals surface area contributed by atoms with E-state index >= 15 is 0 Å². The zero-order valence-electron chi connectivity index (χ0n) is 6.26. The molecule has 0 unspecified atom stereocenters. The fraction of sp³-hybridized carbons (Fsp3) is 0.143. The van der Waals surface area contributed by atoms with E-state index in [-0.39, 0.29) is 5.69 Å². The number of halogens is 3. The van der Waals surface area contributed by atoms with E-state index in [4.69, 9.17) is 11.0 Å². The van der Waals surface area contributed by atoms with Gasteiger partial charge in [-0.1, -0.05) is 0 Å². The predicted molar refractivity (Wildman–Crippen MR) is 38.4 cm³/mol. The number of alkyl halides is 3. The average Bonchev–Trinajstić information content (AvgIpc) is 2.02. The third kappa shape index (κ3) is 1.69. The molecule has 68 valence electrons. The second-order valence-electron chi connectivity index (χ2n) is 2.26. The molecule has 0 amide bonds. The van der Waals surface area contributed by atoms with E-state index in [2.05, 4.69) is 4.98 Å². The molecule has 1 rings (SSSR count). The smallest absolute Gasteiger partial charge is 0.396 e. The lowest BCUT2D eigenvalue weighted by Crippen LogP contribution is -2.10. The molecule has 6 heteroatoms. The van der Waals surface area contributed by atoms with Gasteiger partial charge in [-0.3, -0.25) is 4.98 Å². The van der Waals surface area contributed by atoms with Crippen molar-refractivity contribution in [3.8, 4) is 6.07 Å². The number of pyridine rings is 1. The monoisotopic (exact) mass is 187 g/mol. The number of aromatic nitrogens is 1. The molecule has 1 aromatic rings. The van der Waals surface area contributed by atoms with Crippen LogP contribution in [0.2, 0.25) is 0 Å². The maximum atomic E-state index is 12.2. The predicted octanol–water partition coefficient (Wildman–Crippen LogP) is 1.55. The van der Waals surface area contributed by atoms with Crippen LogP contribution in [0, 0.1) is 11.3 Å². The van der Waals surface area contributed by atoms with Crippen LogP contribution in [0.15, 0.2) is 12.4 Å². The lowest BCUT2D eigenvalue weighted by Gasteiger charge is -2.08. The van der Waals surface area contributed by atoms with Gasteiger partial charge in [-0.25, -0.2) is 0 Å². The van der Waals surface area contributed by atoms with E-state index in [9.17, 15) is 13.2 Å². The van der Waals surface area contributed by atoms with Gasteiger partial charge in [0.15, 0.2) is 0 Å². The number of nitriles is 1. The van der Waals surface area contributed by atoms with Gasteiger partial charge in [-0.05, 0) is 0 Å². The first kappa shape index (κ1) is 9.32. The molecule has 0 saturated carbocycles. The van der Waals surface area contributed by atoms with Gasteiger partial charge in [-0.15, -0.1) is 0 Å². The fourth-order valence-electron chi connectivity index (χ4n) is 0.816. The van der Waals surface area contributed by atoms with Crippen LogP contribution in [0.1, 0.15) is 11.1 Å². The summed E-state index contributed by atoms with van der Waals surface area (Å²) in [4.78, 5) is 3.26. The normalized spacial score (nSPS) is 10.9.